The van der Waals surface area contributed by atoms with Gasteiger partial charge in [0.25, 0.3) is 0 Å². The summed E-state index contributed by atoms with van der Waals surface area (Å²) >= 11 is 5.87. The Hall–Kier alpha value is -1.32. The van der Waals surface area contributed by atoms with Crippen molar-refractivity contribution in [1.29, 1.82) is 0 Å². The normalized spacial score (nSPS) is 12.6. The fourth-order valence-corrected chi connectivity index (χ4v) is 2.36. The molecule has 0 spiro atoms. The fraction of sp³-hybridized carbons (Fsp3) is 0.400. The second kappa shape index (κ2) is 6.22. The van der Waals surface area contributed by atoms with E-state index in [1.54, 1.807) is 0 Å². The molecule has 0 fully saturated rings. The van der Waals surface area contributed by atoms with Crippen LogP contribution in [0.4, 0.5) is 0 Å². The van der Waals surface area contributed by atoms with Gasteiger partial charge in [0, 0.05) is 29.9 Å². The summed E-state index contributed by atoms with van der Waals surface area (Å²) in [7, 11) is 1.96. The predicted octanol–water partition coefficient (Wildman–Crippen LogP) is 3.28. The molecule has 102 valence electrons. The molecule has 1 heterocycles. The summed E-state index contributed by atoms with van der Waals surface area (Å²) < 4.78 is 1.86. The van der Waals surface area contributed by atoms with E-state index in [2.05, 4.69) is 35.7 Å². The van der Waals surface area contributed by atoms with Crippen LogP contribution in [0.5, 0.6) is 0 Å². The first-order chi connectivity index (χ1) is 9.06. The maximum absolute atomic E-state index is 5.87. The first kappa shape index (κ1) is 14.1. The second-order valence-electron chi connectivity index (χ2n) is 4.90. The highest BCUT2D eigenvalue weighted by Crippen LogP contribution is 2.15. The summed E-state index contributed by atoms with van der Waals surface area (Å²) in [6.07, 6.45) is 3.08. The number of aromatic nitrogens is 2. The van der Waals surface area contributed by atoms with Crippen molar-refractivity contribution in [3.8, 4) is 0 Å². The maximum atomic E-state index is 5.87. The third kappa shape index (κ3) is 3.82. The lowest BCUT2D eigenvalue weighted by molar-refractivity contribution is 0.574. The number of nitrogens with zero attached hydrogens (tertiary/aromatic N) is 2. The molecule has 0 aliphatic rings. The van der Waals surface area contributed by atoms with E-state index in [9.17, 15) is 0 Å². The molecule has 3 nitrogen and oxygen atoms in total. The summed E-state index contributed by atoms with van der Waals surface area (Å²) in [5, 5.41) is 8.69. The van der Waals surface area contributed by atoms with Gasteiger partial charge in [-0.3, -0.25) is 4.68 Å². The van der Waals surface area contributed by atoms with Gasteiger partial charge in [0.1, 0.15) is 0 Å². The number of nitrogens with one attached hydrogen (secondary N) is 1. The molecule has 0 aliphatic heterocycles. The monoisotopic (exact) mass is 277 g/mol. The van der Waals surface area contributed by atoms with Gasteiger partial charge in [-0.25, -0.2) is 0 Å². The van der Waals surface area contributed by atoms with E-state index < -0.39 is 0 Å². The van der Waals surface area contributed by atoms with E-state index in [1.165, 1.54) is 11.1 Å². The molecular weight excluding hydrogens is 258 g/mol. The minimum Gasteiger partial charge on any atom is -0.310 e. The van der Waals surface area contributed by atoms with Gasteiger partial charge < -0.3 is 5.32 Å². The molecule has 4 heteroatoms. The minimum atomic E-state index is 0.320. The van der Waals surface area contributed by atoms with Crippen LogP contribution in [0.15, 0.2) is 30.5 Å². The Labute approximate surface area is 119 Å². The topological polar surface area (TPSA) is 29.9 Å². The highest BCUT2D eigenvalue weighted by atomic mass is 35.5. The number of halogens is 1. The molecule has 0 amide bonds. The van der Waals surface area contributed by atoms with Gasteiger partial charge in [-0.2, -0.15) is 5.10 Å². The molecule has 2 aromatic rings. The number of benzene rings is 1. The largest absolute Gasteiger partial charge is 0.310 e. The Balaban J connectivity index is 1.85. The molecule has 0 saturated carbocycles. The SMILES string of the molecule is Cc1nn(C)cc1C(C)NCCc1ccc(Cl)cc1. The van der Waals surface area contributed by atoms with Crippen molar-refractivity contribution in [3.63, 3.8) is 0 Å². The van der Waals surface area contributed by atoms with Crippen LogP contribution < -0.4 is 5.32 Å². The van der Waals surface area contributed by atoms with Gasteiger partial charge in [0.2, 0.25) is 0 Å². The first-order valence-corrected chi connectivity index (χ1v) is 6.92. The Kier molecular flexibility index (Phi) is 4.61. The predicted molar refractivity (Wildman–Crippen MR) is 79.5 cm³/mol. The van der Waals surface area contributed by atoms with E-state index in [-0.39, 0.29) is 0 Å². The zero-order valence-electron chi connectivity index (χ0n) is 11.7. The number of rotatable bonds is 5. The third-order valence-electron chi connectivity index (χ3n) is 3.30. The summed E-state index contributed by atoms with van der Waals surface area (Å²) in [5.74, 6) is 0. The highest BCUT2D eigenvalue weighted by Gasteiger charge is 2.10. The molecule has 0 saturated heterocycles. The van der Waals surface area contributed by atoms with Crippen LogP contribution in [0.1, 0.15) is 29.8 Å². The maximum Gasteiger partial charge on any atom is 0.0641 e. The van der Waals surface area contributed by atoms with Gasteiger partial charge >= 0.3 is 0 Å². The summed E-state index contributed by atoms with van der Waals surface area (Å²) in [4.78, 5) is 0. The van der Waals surface area contributed by atoms with Gasteiger partial charge in [0.15, 0.2) is 0 Å². The van der Waals surface area contributed by atoms with Crippen LogP contribution in [-0.4, -0.2) is 16.3 Å². The molecular formula is C15H20ClN3. The molecule has 1 aromatic heterocycles. The van der Waals surface area contributed by atoms with Crippen LogP contribution in [0, 0.1) is 6.92 Å². The number of hydrogen-bond donors (Lipinski definition) is 1. The first-order valence-electron chi connectivity index (χ1n) is 6.54. The van der Waals surface area contributed by atoms with E-state index in [0.717, 1.165) is 23.7 Å². The lowest BCUT2D eigenvalue weighted by Crippen LogP contribution is -2.21. The third-order valence-corrected chi connectivity index (χ3v) is 3.55. The Morgan fingerprint density at radius 1 is 1.32 bits per heavy atom. The zero-order valence-corrected chi connectivity index (χ0v) is 12.4. The molecule has 19 heavy (non-hydrogen) atoms. The smallest absolute Gasteiger partial charge is 0.0641 e. The van der Waals surface area contributed by atoms with Crippen molar-refractivity contribution >= 4 is 11.6 Å². The minimum absolute atomic E-state index is 0.320. The molecule has 1 unspecified atom stereocenters. The Morgan fingerprint density at radius 3 is 2.58 bits per heavy atom. The lowest BCUT2D eigenvalue weighted by Gasteiger charge is -2.13. The average Bonchev–Trinajstić information content (AvgIpc) is 2.71. The number of hydrogen-bond acceptors (Lipinski definition) is 2. The zero-order chi connectivity index (χ0) is 13.8. The van der Waals surface area contributed by atoms with Gasteiger partial charge in [-0.1, -0.05) is 23.7 Å². The molecule has 1 N–H and O–H groups in total. The van der Waals surface area contributed by atoms with Crippen molar-refractivity contribution < 1.29 is 0 Å². The van der Waals surface area contributed by atoms with Crippen LogP contribution in [0.3, 0.4) is 0 Å². The Morgan fingerprint density at radius 2 is 2.00 bits per heavy atom. The summed E-state index contributed by atoms with van der Waals surface area (Å²) in [5.41, 5.74) is 3.65. The van der Waals surface area contributed by atoms with Gasteiger partial charge in [-0.05, 0) is 44.5 Å². The second-order valence-corrected chi connectivity index (χ2v) is 5.33. The van der Waals surface area contributed by atoms with Crippen molar-refractivity contribution in [1.82, 2.24) is 15.1 Å². The standard InChI is InChI=1S/C15H20ClN3/c1-11(15-10-19(3)18-12(15)2)17-9-8-13-4-6-14(16)7-5-13/h4-7,10-11,17H,8-9H2,1-3H3. The average molecular weight is 278 g/mol. The van der Waals surface area contributed by atoms with Crippen LogP contribution >= 0.6 is 11.6 Å². The van der Waals surface area contributed by atoms with Crippen molar-refractivity contribution in [2.75, 3.05) is 6.54 Å². The fourth-order valence-electron chi connectivity index (χ4n) is 2.24. The molecule has 0 radical (unpaired) electrons. The Bertz CT molecular complexity index is 531. The van der Waals surface area contributed by atoms with Crippen molar-refractivity contribution in [2.24, 2.45) is 7.05 Å². The molecule has 0 aliphatic carbocycles. The summed E-state index contributed by atoms with van der Waals surface area (Å²) in [6, 6.07) is 8.34. The molecule has 1 atom stereocenters. The van der Waals surface area contributed by atoms with Crippen LogP contribution in [0.25, 0.3) is 0 Å². The van der Waals surface area contributed by atoms with Crippen LogP contribution in [-0.2, 0) is 13.5 Å². The lowest BCUT2D eigenvalue weighted by atomic mass is 10.1. The van der Waals surface area contributed by atoms with E-state index in [1.807, 2.05) is 30.8 Å². The van der Waals surface area contributed by atoms with E-state index >= 15 is 0 Å². The molecule has 2 rings (SSSR count). The van der Waals surface area contributed by atoms with Gasteiger partial charge in [0.05, 0.1) is 5.69 Å². The molecule has 1 aromatic carbocycles. The summed E-state index contributed by atoms with van der Waals surface area (Å²) in [6.45, 7) is 5.16. The van der Waals surface area contributed by atoms with E-state index in [0.29, 0.717) is 6.04 Å². The van der Waals surface area contributed by atoms with Gasteiger partial charge in [-0.15, -0.1) is 0 Å². The van der Waals surface area contributed by atoms with E-state index in [4.69, 9.17) is 11.6 Å². The van der Waals surface area contributed by atoms with Crippen molar-refractivity contribution in [2.45, 2.75) is 26.3 Å². The quantitative estimate of drug-likeness (QED) is 0.909. The number of aryl methyl sites for hydroxylation is 2. The van der Waals surface area contributed by atoms with Crippen molar-refractivity contribution in [3.05, 3.63) is 52.3 Å². The molecule has 0 bridgehead atoms. The highest BCUT2D eigenvalue weighted by molar-refractivity contribution is 6.30. The van der Waals surface area contributed by atoms with Crippen LogP contribution in [0.2, 0.25) is 5.02 Å².